The first-order chi connectivity index (χ1) is 10.6. The second kappa shape index (κ2) is 8.54. The molecule has 0 aromatic heterocycles. The molecule has 2 aliphatic rings. The fourth-order valence-corrected chi connectivity index (χ4v) is 4.10. The molecule has 2 amide bonds. The van der Waals surface area contributed by atoms with Crippen LogP contribution in [-0.4, -0.2) is 46.8 Å². The van der Waals surface area contributed by atoms with Crippen molar-refractivity contribution in [1.29, 1.82) is 0 Å². The summed E-state index contributed by atoms with van der Waals surface area (Å²) in [6.45, 7) is 5.32. The molecule has 0 spiro atoms. The van der Waals surface area contributed by atoms with Gasteiger partial charge in [-0.3, -0.25) is 9.59 Å². The van der Waals surface area contributed by atoms with Crippen LogP contribution >= 0.6 is 0 Å². The molecule has 0 bridgehead atoms. The lowest BCUT2D eigenvalue weighted by molar-refractivity contribution is -0.137. The van der Waals surface area contributed by atoms with Crippen LogP contribution in [0.5, 0.6) is 0 Å². The van der Waals surface area contributed by atoms with Crippen molar-refractivity contribution >= 4 is 11.8 Å². The molecule has 4 nitrogen and oxygen atoms in total. The Morgan fingerprint density at radius 3 is 2.36 bits per heavy atom. The van der Waals surface area contributed by atoms with Crippen LogP contribution in [0.1, 0.15) is 78.1 Å². The van der Waals surface area contributed by atoms with Crippen LogP contribution < -0.4 is 0 Å². The van der Waals surface area contributed by atoms with Gasteiger partial charge in [-0.1, -0.05) is 26.2 Å². The number of carbonyl (C=O) groups excluding carboxylic acids is 2. The van der Waals surface area contributed by atoms with Crippen LogP contribution in [0.25, 0.3) is 0 Å². The predicted octanol–water partition coefficient (Wildman–Crippen LogP) is 3.35. The second-order valence-electron chi connectivity index (χ2n) is 6.90. The summed E-state index contributed by atoms with van der Waals surface area (Å²) in [7, 11) is 0. The molecule has 1 saturated carbocycles. The molecule has 1 saturated heterocycles. The summed E-state index contributed by atoms with van der Waals surface area (Å²) < 4.78 is 0. The summed E-state index contributed by atoms with van der Waals surface area (Å²) in [5.74, 6) is 0.374. The number of carbonyl (C=O) groups is 2. The molecule has 0 aromatic carbocycles. The van der Waals surface area contributed by atoms with E-state index in [0.717, 1.165) is 38.6 Å². The summed E-state index contributed by atoms with van der Waals surface area (Å²) in [6, 6.07) is 0.782. The third-order valence-electron chi connectivity index (χ3n) is 5.41. The number of hydrogen-bond acceptors (Lipinski definition) is 2. The lowest BCUT2D eigenvalue weighted by Crippen LogP contribution is -2.46. The van der Waals surface area contributed by atoms with Crippen molar-refractivity contribution < 1.29 is 9.59 Å². The molecule has 2 rings (SSSR count). The first kappa shape index (κ1) is 17.3. The molecule has 1 aliphatic carbocycles. The maximum absolute atomic E-state index is 12.6. The molecule has 1 unspecified atom stereocenters. The van der Waals surface area contributed by atoms with Gasteiger partial charge in [0.1, 0.15) is 0 Å². The fraction of sp³-hybridized carbons (Fsp3) is 0.889. The van der Waals surface area contributed by atoms with Crippen LogP contribution in [0, 0.1) is 0 Å². The Morgan fingerprint density at radius 1 is 1.05 bits per heavy atom. The van der Waals surface area contributed by atoms with E-state index in [1.165, 1.54) is 25.7 Å². The van der Waals surface area contributed by atoms with Gasteiger partial charge in [0.25, 0.3) is 0 Å². The van der Waals surface area contributed by atoms with E-state index in [9.17, 15) is 9.59 Å². The first-order valence-corrected chi connectivity index (χ1v) is 9.20. The minimum Gasteiger partial charge on any atom is -0.340 e. The van der Waals surface area contributed by atoms with Crippen molar-refractivity contribution in [2.24, 2.45) is 0 Å². The third kappa shape index (κ3) is 4.47. The summed E-state index contributed by atoms with van der Waals surface area (Å²) in [6.07, 6.45) is 11.0. The minimum atomic E-state index is 0.130. The third-order valence-corrected chi connectivity index (χ3v) is 5.41. The Kier molecular flexibility index (Phi) is 6.71. The van der Waals surface area contributed by atoms with Crippen LogP contribution in [0.15, 0.2) is 0 Å². The van der Waals surface area contributed by atoms with Gasteiger partial charge in [0, 0.05) is 38.5 Å². The zero-order chi connectivity index (χ0) is 15.9. The Balaban J connectivity index is 1.87. The number of likely N-dealkylation sites (tertiary alicyclic amines) is 1. The number of nitrogens with zero attached hydrogens (tertiary/aromatic N) is 2. The number of hydrogen-bond donors (Lipinski definition) is 0. The van der Waals surface area contributed by atoms with Crippen molar-refractivity contribution in [1.82, 2.24) is 9.80 Å². The van der Waals surface area contributed by atoms with E-state index in [-0.39, 0.29) is 11.8 Å². The highest BCUT2D eigenvalue weighted by Crippen LogP contribution is 2.24. The lowest BCUT2D eigenvalue weighted by atomic mass is 9.94. The van der Waals surface area contributed by atoms with Crippen LogP contribution in [0.3, 0.4) is 0 Å². The van der Waals surface area contributed by atoms with Crippen molar-refractivity contribution in [3.8, 4) is 0 Å². The van der Waals surface area contributed by atoms with E-state index in [4.69, 9.17) is 0 Å². The Labute approximate surface area is 135 Å². The molecular formula is C18H32N2O2. The van der Waals surface area contributed by atoms with Gasteiger partial charge in [-0.15, -0.1) is 0 Å². The highest BCUT2D eigenvalue weighted by atomic mass is 16.2. The van der Waals surface area contributed by atoms with Gasteiger partial charge in [-0.2, -0.15) is 0 Å². The molecule has 1 aliphatic heterocycles. The van der Waals surface area contributed by atoms with Crippen LogP contribution in [0.4, 0.5) is 0 Å². The summed E-state index contributed by atoms with van der Waals surface area (Å²) in [5, 5.41) is 0. The summed E-state index contributed by atoms with van der Waals surface area (Å²) in [5.41, 5.74) is 0. The van der Waals surface area contributed by atoms with Gasteiger partial charge in [0.15, 0.2) is 0 Å². The summed E-state index contributed by atoms with van der Waals surface area (Å²) in [4.78, 5) is 28.6. The molecule has 22 heavy (non-hydrogen) atoms. The number of piperidine rings is 1. The number of rotatable bonds is 5. The van der Waals surface area contributed by atoms with Crippen molar-refractivity contribution in [3.63, 3.8) is 0 Å². The highest BCUT2D eigenvalue weighted by molar-refractivity contribution is 5.78. The van der Waals surface area contributed by atoms with Gasteiger partial charge >= 0.3 is 0 Å². The van der Waals surface area contributed by atoms with Gasteiger partial charge < -0.3 is 9.80 Å². The Bertz CT molecular complexity index is 377. The van der Waals surface area contributed by atoms with E-state index in [0.29, 0.717) is 25.0 Å². The molecule has 2 fully saturated rings. The molecular weight excluding hydrogens is 276 g/mol. The molecule has 0 aromatic rings. The zero-order valence-electron chi connectivity index (χ0n) is 14.4. The maximum atomic E-state index is 12.6. The molecule has 1 heterocycles. The van der Waals surface area contributed by atoms with Crippen molar-refractivity contribution in [2.75, 3.05) is 13.1 Å². The normalized spacial score (nSPS) is 23.4. The fourth-order valence-electron chi connectivity index (χ4n) is 4.10. The molecule has 0 radical (unpaired) electrons. The van der Waals surface area contributed by atoms with Gasteiger partial charge in [-0.25, -0.2) is 0 Å². The topological polar surface area (TPSA) is 40.6 Å². The predicted molar refractivity (Wildman–Crippen MR) is 88.5 cm³/mol. The van der Waals surface area contributed by atoms with E-state index in [2.05, 4.69) is 11.8 Å². The van der Waals surface area contributed by atoms with E-state index >= 15 is 0 Å². The smallest absolute Gasteiger partial charge is 0.224 e. The van der Waals surface area contributed by atoms with Crippen LogP contribution in [-0.2, 0) is 9.59 Å². The Hall–Kier alpha value is -1.06. The van der Waals surface area contributed by atoms with Crippen molar-refractivity contribution in [3.05, 3.63) is 0 Å². The lowest BCUT2D eigenvalue weighted by Gasteiger charge is -2.37. The average molecular weight is 308 g/mol. The van der Waals surface area contributed by atoms with E-state index in [1.807, 2.05) is 4.90 Å². The van der Waals surface area contributed by atoms with Gasteiger partial charge in [0.2, 0.25) is 11.8 Å². The minimum absolute atomic E-state index is 0.130. The van der Waals surface area contributed by atoms with E-state index in [1.54, 1.807) is 6.92 Å². The monoisotopic (exact) mass is 308 g/mol. The average Bonchev–Trinajstić information content (AvgIpc) is 2.55. The van der Waals surface area contributed by atoms with Gasteiger partial charge in [-0.05, 0) is 38.5 Å². The maximum Gasteiger partial charge on any atom is 0.224 e. The Morgan fingerprint density at radius 2 is 1.73 bits per heavy atom. The van der Waals surface area contributed by atoms with Crippen LogP contribution in [0.2, 0.25) is 0 Å². The largest absolute Gasteiger partial charge is 0.340 e. The molecule has 4 heteroatoms. The van der Waals surface area contributed by atoms with E-state index < -0.39 is 0 Å². The second-order valence-corrected chi connectivity index (χ2v) is 6.90. The zero-order valence-corrected chi connectivity index (χ0v) is 14.4. The van der Waals surface area contributed by atoms with Gasteiger partial charge in [0.05, 0.1) is 0 Å². The molecule has 126 valence electrons. The molecule has 0 N–H and O–H groups in total. The number of amides is 2. The standard InChI is InChI=1S/C18H32N2O2/c1-3-16-9-7-8-13-20(16)18(22)12-14-19(15(2)21)17-10-5-4-6-11-17/h16-17H,3-14H2,1-2H3. The first-order valence-electron chi connectivity index (χ1n) is 9.20. The highest BCUT2D eigenvalue weighted by Gasteiger charge is 2.27. The van der Waals surface area contributed by atoms with Crippen molar-refractivity contribution in [2.45, 2.75) is 90.1 Å². The molecule has 1 atom stereocenters. The SMILES string of the molecule is CCC1CCCCN1C(=O)CCN(C(C)=O)C1CCCCC1. The quantitative estimate of drug-likeness (QED) is 0.781. The summed E-state index contributed by atoms with van der Waals surface area (Å²) >= 11 is 0.